The maximum absolute atomic E-state index is 4.41. The molecule has 0 N–H and O–H groups in total. The van der Waals surface area contributed by atoms with Gasteiger partial charge in [-0.25, -0.2) is 14.6 Å². The van der Waals surface area contributed by atoms with Crippen LogP contribution < -0.4 is 4.90 Å². The second kappa shape index (κ2) is 4.50. The maximum atomic E-state index is 4.41. The van der Waals surface area contributed by atoms with E-state index in [0.717, 1.165) is 33.9 Å². The number of hydrogen-bond donors (Lipinski definition) is 0. The van der Waals surface area contributed by atoms with Crippen LogP contribution in [0.3, 0.4) is 0 Å². The predicted molar refractivity (Wildman–Crippen MR) is 74.6 cm³/mol. The summed E-state index contributed by atoms with van der Waals surface area (Å²) in [4.78, 5) is 10.9. The summed E-state index contributed by atoms with van der Waals surface area (Å²) in [5, 5.41) is 5.34. The van der Waals surface area contributed by atoms with Gasteiger partial charge in [0.15, 0.2) is 5.65 Å². The third-order valence-electron chi connectivity index (χ3n) is 3.49. The Bertz CT molecular complexity index is 575. The zero-order valence-electron chi connectivity index (χ0n) is 10.6. The van der Waals surface area contributed by atoms with Crippen molar-refractivity contribution in [2.75, 3.05) is 18.5 Å². The maximum Gasteiger partial charge on any atom is 0.164 e. The van der Waals surface area contributed by atoms with E-state index in [1.807, 2.05) is 7.05 Å². The average Bonchev–Trinajstić information content (AvgIpc) is 3.14. The summed E-state index contributed by atoms with van der Waals surface area (Å²) in [6, 6.07) is 0. The lowest BCUT2D eigenvalue weighted by molar-refractivity contribution is 0.707. The van der Waals surface area contributed by atoms with Crippen LogP contribution in [0.2, 0.25) is 0 Å². The largest absolute Gasteiger partial charge is 0.359 e. The van der Waals surface area contributed by atoms with Gasteiger partial charge in [0, 0.05) is 20.6 Å². The van der Waals surface area contributed by atoms with Gasteiger partial charge in [0.1, 0.15) is 16.7 Å². The van der Waals surface area contributed by atoms with E-state index in [9.17, 15) is 0 Å². The second-order valence-electron chi connectivity index (χ2n) is 4.96. The van der Waals surface area contributed by atoms with Crippen molar-refractivity contribution >= 4 is 32.8 Å². The molecule has 1 aliphatic carbocycles. The Morgan fingerprint density at radius 2 is 2.22 bits per heavy atom. The van der Waals surface area contributed by atoms with E-state index < -0.39 is 0 Å². The molecule has 6 heteroatoms. The molecule has 0 radical (unpaired) electrons. The van der Waals surface area contributed by atoms with Gasteiger partial charge in [0.2, 0.25) is 0 Å². The van der Waals surface area contributed by atoms with Crippen LogP contribution in [0, 0.1) is 5.92 Å². The van der Waals surface area contributed by atoms with E-state index in [2.05, 4.69) is 42.9 Å². The first kappa shape index (κ1) is 11.9. The molecule has 2 heterocycles. The topological polar surface area (TPSA) is 46.8 Å². The average molecular weight is 310 g/mol. The SMILES string of the molecule is CN(CCC1CC1)c1ncnc2c1c(Br)nn2C. The van der Waals surface area contributed by atoms with Crippen LogP contribution in [-0.4, -0.2) is 33.3 Å². The van der Waals surface area contributed by atoms with Gasteiger partial charge in [0.05, 0.1) is 5.39 Å². The standard InChI is InChI=1S/C12H16BrN5/c1-17(6-5-8-3-4-8)11-9-10(13)16-18(2)12(9)15-7-14-11/h7-8H,3-6H2,1-2H3. The highest BCUT2D eigenvalue weighted by Gasteiger charge is 2.22. The number of aryl methyl sites for hydroxylation is 1. The first-order valence-electron chi connectivity index (χ1n) is 6.21. The third kappa shape index (κ3) is 2.09. The molecule has 0 aromatic carbocycles. The molecule has 0 atom stereocenters. The summed E-state index contributed by atoms with van der Waals surface area (Å²) in [5.41, 5.74) is 0.866. The molecule has 0 saturated heterocycles. The van der Waals surface area contributed by atoms with Crippen LogP contribution in [0.1, 0.15) is 19.3 Å². The molecular formula is C12H16BrN5. The van der Waals surface area contributed by atoms with Gasteiger partial charge in [-0.2, -0.15) is 5.10 Å². The highest BCUT2D eigenvalue weighted by molar-refractivity contribution is 9.10. The Balaban J connectivity index is 1.94. The first-order chi connectivity index (χ1) is 8.66. The zero-order valence-corrected chi connectivity index (χ0v) is 12.2. The fourth-order valence-electron chi connectivity index (χ4n) is 2.20. The monoisotopic (exact) mass is 309 g/mol. The molecule has 2 aromatic heterocycles. The number of aromatic nitrogens is 4. The molecule has 0 unspecified atom stereocenters. The van der Waals surface area contributed by atoms with Gasteiger partial charge in [-0.05, 0) is 28.3 Å². The fourth-order valence-corrected chi connectivity index (χ4v) is 2.80. The van der Waals surface area contributed by atoms with E-state index in [-0.39, 0.29) is 0 Å². The van der Waals surface area contributed by atoms with E-state index >= 15 is 0 Å². The molecule has 5 nitrogen and oxygen atoms in total. The smallest absolute Gasteiger partial charge is 0.164 e. The highest BCUT2D eigenvalue weighted by atomic mass is 79.9. The van der Waals surface area contributed by atoms with Gasteiger partial charge in [0.25, 0.3) is 0 Å². The summed E-state index contributed by atoms with van der Waals surface area (Å²) in [6.45, 7) is 1.04. The first-order valence-corrected chi connectivity index (χ1v) is 7.00. The molecule has 0 aliphatic heterocycles. The van der Waals surface area contributed by atoms with Crippen molar-refractivity contribution in [1.82, 2.24) is 19.7 Å². The Hall–Kier alpha value is -1.17. The summed E-state index contributed by atoms with van der Waals surface area (Å²) < 4.78 is 2.59. The summed E-state index contributed by atoms with van der Waals surface area (Å²) >= 11 is 3.49. The molecule has 0 amide bonds. The lowest BCUT2D eigenvalue weighted by atomic mass is 10.2. The van der Waals surface area contributed by atoms with Crippen LogP contribution >= 0.6 is 15.9 Å². The molecule has 1 saturated carbocycles. The van der Waals surface area contributed by atoms with Crippen molar-refractivity contribution < 1.29 is 0 Å². The number of fused-ring (bicyclic) bond motifs is 1. The molecule has 0 spiro atoms. The number of rotatable bonds is 4. The lowest BCUT2D eigenvalue weighted by Gasteiger charge is -2.18. The van der Waals surface area contributed by atoms with Crippen molar-refractivity contribution in [2.24, 2.45) is 13.0 Å². The molecule has 96 valence electrons. The van der Waals surface area contributed by atoms with Gasteiger partial charge in [-0.15, -0.1) is 0 Å². The molecule has 18 heavy (non-hydrogen) atoms. The Kier molecular flexibility index (Phi) is 2.97. The normalized spacial score (nSPS) is 15.3. The zero-order chi connectivity index (χ0) is 12.7. The van der Waals surface area contributed by atoms with E-state index in [1.54, 1.807) is 11.0 Å². The van der Waals surface area contributed by atoms with Crippen molar-refractivity contribution in [3.8, 4) is 0 Å². The predicted octanol–water partition coefficient (Wildman–Crippen LogP) is 2.36. The summed E-state index contributed by atoms with van der Waals surface area (Å²) in [6.07, 6.45) is 5.65. The van der Waals surface area contributed by atoms with Crippen LogP contribution in [-0.2, 0) is 7.05 Å². The van der Waals surface area contributed by atoms with Gasteiger partial charge in [-0.1, -0.05) is 12.8 Å². The Labute approximate surface area is 114 Å². The Morgan fingerprint density at radius 3 is 2.94 bits per heavy atom. The molecule has 3 rings (SSSR count). The second-order valence-corrected chi connectivity index (χ2v) is 5.72. The van der Waals surface area contributed by atoms with Gasteiger partial charge < -0.3 is 4.90 Å². The van der Waals surface area contributed by atoms with Crippen molar-refractivity contribution in [2.45, 2.75) is 19.3 Å². The van der Waals surface area contributed by atoms with E-state index in [0.29, 0.717) is 0 Å². The van der Waals surface area contributed by atoms with E-state index in [4.69, 9.17) is 0 Å². The fraction of sp³-hybridized carbons (Fsp3) is 0.583. The lowest BCUT2D eigenvalue weighted by Crippen LogP contribution is -2.20. The minimum Gasteiger partial charge on any atom is -0.359 e. The summed E-state index contributed by atoms with van der Waals surface area (Å²) in [7, 11) is 3.98. The van der Waals surface area contributed by atoms with Crippen LogP contribution in [0.5, 0.6) is 0 Å². The number of hydrogen-bond acceptors (Lipinski definition) is 4. The third-order valence-corrected chi connectivity index (χ3v) is 4.04. The number of halogens is 1. The van der Waals surface area contributed by atoms with E-state index in [1.165, 1.54) is 19.3 Å². The van der Waals surface area contributed by atoms with Crippen molar-refractivity contribution in [3.05, 3.63) is 10.9 Å². The number of anilines is 1. The number of nitrogens with zero attached hydrogens (tertiary/aromatic N) is 5. The molecule has 1 aliphatic rings. The quantitative estimate of drug-likeness (QED) is 0.870. The Morgan fingerprint density at radius 1 is 1.44 bits per heavy atom. The van der Waals surface area contributed by atoms with Gasteiger partial charge >= 0.3 is 0 Å². The molecular weight excluding hydrogens is 294 g/mol. The van der Waals surface area contributed by atoms with Crippen LogP contribution in [0.4, 0.5) is 5.82 Å². The molecule has 1 fully saturated rings. The van der Waals surface area contributed by atoms with Crippen LogP contribution in [0.15, 0.2) is 10.9 Å². The molecule has 2 aromatic rings. The minimum absolute atomic E-state index is 0.814. The van der Waals surface area contributed by atoms with Crippen LogP contribution in [0.25, 0.3) is 11.0 Å². The summed E-state index contributed by atoms with van der Waals surface area (Å²) in [5.74, 6) is 1.89. The molecule has 0 bridgehead atoms. The van der Waals surface area contributed by atoms with Crippen molar-refractivity contribution in [1.29, 1.82) is 0 Å². The minimum atomic E-state index is 0.814. The van der Waals surface area contributed by atoms with Crippen molar-refractivity contribution in [3.63, 3.8) is 0 Å². The van der Waals surface area contributed by atoms with Gasteiger partial charge in [-0.3, -0.25) is 0 Å². The highest BCUT2D eigenvalue weighted by Crippen LogP contribution is 2.34.